The molecule has 0 aliphatic carbocycles. The number of nitrogens with zero attached hydrogens (tertiary/aromatic N) is 1. The number of carbonyl (C=O) groups is 1. The molecule has 0 atom stereocenters. The highest BCUT2D eigenvalue weighted by molar-refractivity contribution is 6.30. The second-order valence-electron chi connectivity index (χ2n) is 4.60. The van der Waals surface area contributed by atoms with Crippen LogP contribution in [0.15, 0.2) is 47.6 Å². The molecule has 0 aromatic heterocycles. The van der Waals surface area contributed by atoms with Gasteiger partial charge in [0.15, 0.2) is 6.61 Å². The molecule has 0 bridgehead atoms. The van der Waals surface area contributed by atoms with Gasteiger partial charge < -0.3 is 4.74 Å². The zero-order valence-electron chi connectivity index (χ0n) is 12.1. The van der Waals surface area contributed by atoms with E-state index in [1.807, 2.05) is 0 Å². The molecule has 0 fully saturated rings. The van der Waals surface area contributed by atoms with Crippen molar-refractivity contribution in [2.75, 3.05) is 6.61 Å². The largest absolute Gasteiger partial charge is 0.484 e. The van der Waals surface area contributed by atoms with E-state index in [4.69, 9.17) is 16.3 Å². The Morgan fingerprint density at radius 3 is 2.57 bits per heavy atom. The molecule has 0 aliphatic heterocycles. The number of rotatable bonds is 5. The predicted octanol–water partition coefficient (Wildman–Crippen LogP) is 3.54. The molecule has 0 heterocycles. The summed E-state index contributed by atoms with van der Waals surface area (Å²) < 4.78 is 31.6. The number of nitrogens with one attached hydrogen (secondary N) is 1. The van der Waals surface area contributed by atoms with Crippen LogP contribution in [-0.2, 0) is 4.79 Å². The first-order chi connectivity index (χ1) is 11.0. The second kappa shape index (κ2) is 7.69. The summed E-state index contributed by atoms with van der Waals surface area (Å²) in [6, 6.07) is 9.63. The maximum absolute atomic E-state index is 13.6. The van der Waals surface area contributed by atoms with Gasteiger partial charge in [-0.05, 0) is 43.3 Å². The van der Waals surface area contributed by atoms with Gasteiger partial charge in [0, 0.05) is 16.7 Å². The Kier molecular flexibility index (Phi) is 5.65. The minimum Gasteiger partial charge on any atom is -0.484 e. The molecule has 120 valence electrons. The summed E-state index contributed by atoms with van der Waals surface area (Å²) in [7, 11) is 0. The maximum Gasteiger partial charge on any atom is 0.277 e. The van der Waals surface area contributed by atoms with Gasteiger partial charge in [-0.3, -0.25) is 4.79 Å². The summed E-state index contributed by atoms with van der Waals surface area (Å²) >= 11 is 5.73. The van der Waals surface area contributed by atoms with Crippen molar-refractivity contribution in [2.45, 2.75) is 6.92 Å². The normalized spacial score (nSPS) is 11.2. The van der Waals surface area contributed by atoms with Crippen LogP contribution in [0.3, 0.4) is 0 Å². The molecule has 0 radical (unpaired) electrons. The fraction of sp³-hybridized carbons (Fsp3) is 0.125. The fourth-order valence-electron chi connectivity index (χ4n) is 1.70. The van der Waals surface area contributed by atoms with Crippen LogP contribution in [0.4, 0.5) is 8.78 Å². The molecule has 0 saturated heterocycles. The molecule has 1 N–H and O–H groups in total. The third-order valence-corrected chi connectivity index (χ3v) is 3.10. The molecule has 7 heteroatoms. The summed E-state index contributed by atoms with van der Waals surface area (Å²) in [5.41, 5.74) is 2.55. The molecule has 1 amide bonds. The van der Waals surface area contributed by atoms with Crippen LogP contribution in [0.1, 0.15) is 12.5 Å². The van der Waals surface area contributed by atoms with Gasteiger partial charge >= 0.3 is 0 Å². The summed E-state index contributed by atoms with van der Waals surface area (Å²) in [4.78, 5) is 11.6. The number of carbonyl (C=O) groups excluding carboxylic acids is 1. The molecule has 2 rings (SSSR count). The Bertz CT molecular complexity index is 733. The monoisotopic (exact) mass is 338 g/mol. The van der Waals surface area contributed by atoms with Gasteiger partial charge in [0.25, 0.3) is 5.91 Å². The van der Waals surface area contributed by atoms with Crippen LogP contribution < -0.4 is 10.2 Å². The van der Waals surface area contributed by atoms with E-state index in [1.54, 1.807) is 24.3 Å². The van der Waals surface area contributed by atoms with E-state index in [2.05, 4.69) is 10.5 Å². The highest BCUT2D eigenvalue weighted by atomic mass is 35.5. The van der Waals surface area contributed by atoms with E-state index in [1.165, 1.54) is 13.0 Å². The van der Waals surface area contributed by atoms with Gasteiger partial charge in [0.1, 0.15) is 17.4 Å². The van der Waals surface area contributed by atoms with E-state index < -0.39 is 17.5 Å². The van der Waals surface area contributed by atoms with Gasteiger partial charge in [-0.25, -0.2) is 14.2 Å². The lowest BCUT2D eigenvalue weighted by Crippen LogP contribution is -2.25. The minimum absolute atomic E-state index is 0.102. The van der Waals surface area contributed by atoms with Crippen LogP contribution in [0, 0.1) is 11.6 Å². The number of amides is 1. The van der Waals surface area contributed by atoms with Crippen molar-refractivity contribution < 1.29 is 18.3 Å². The van der Waals surface area contributed by atoms with E-state index >= 15 is 0 Å². The Balaban J connectivity index is 1.90. The average molecular weight is 339 g/mol. The summed E-state index contributed by atoms with van der Waals surface area (Å²) in [6.07, 6.45) is 0. The topological polar surface area (TPSA) is 50.7 Å². The maximum atomic E-state index is 13.6. The van der Waals surface area contributed by atoms with E-state index in [0.29, 0.717) is 10.8 Å². The number of halogens is 3. The molecular formula is C16H13ClF2N2O2. The SMILES string of the molecule is C/C(=N\NC(=O)COc1ccc(Cl)cc1)c1ccc(F)cc1F. The van der Waals surface area contributed by atoms with Crippen LogP contribution in [0.2, 0.25) is 5.02 Å². The van der Waals surface area contributed by atoms with Crippen molar-refractivity contribution in [3.63, 3.8) is 0 Å². The first-order valence-corrected chi connectivity index (χ1v) is 7.00. The summed E-state index contributed by atoms with van der Waals surface area (Å²) in [5, 5.41) is 4.32. The van der Waals surface area contributed by atoms with Crippen molar-refractivity contribution >= 4 is 23.2 Å². The van der Waals surface area contributed by atoms with Gasteiger partial charge in [0.2, 0.25) is 0 Å². The summed E-state index contributed by atoms with van der Waals surface area (Å²) in [6.45, 7) is 1.24. The van der Waals surface area contributed by atoms with Crippen molar-refractivity contribution in [1.82, 2.24) is 5.43 Å². The van der Waals surface area contributed by atoms with Crippen LogP contribution in [0.5, 0.6) is 5.75 Å². The van der Waals surface area contributed by atoms with Crippen LogP contribution in [0.25, 0.3) is 0 Å². The number of benzene rings is 2. The van der Waals surface area contributed by atoms with Crippen molar-refractivity contribution in [1.29, 1.82) is 0 Å². The molecule has 4 nitrogen and oxygen atoms in total. The zero-order valence-corrected chi connectivity index (χ0v) is 12.9. The average Bonchev–Trinajstić information content (AvgIpc) is 2.52. The molecule has 2 aromatic rings. The fourth-order valence-corrected chi connectivity index (χ4v) is 1.83. The zero-order chi connectivity index (χ0) is 16.8. The molecule has 2 aromatic carbocycles. The smallest absolute Gasteiger partial charge is 0.277 e. The first-order valence-electron chi connectivity index (χ1n) is 6.62. The molecule has 0 spiro atoms. The van der Waals surface area contributed by atoms with Crippen molar-refractivity contribution in [2.24, 2.45) is 5.10 Å². The Hall–Kier alpha value is -2.47. The van der Waals surface area contributed by atoms with Gasteiger partial charge in [0.05, 0.1) is 5.71 Å². The molecule has 0 aliphatic rings. The lowest BCUT2D eigenvalue weighted by Gasteiger charge is -2.06. The van der Waals surface area contributed by atoms with Crippen LogP contribution >= 0.6 is 11.6 Å². The predicted molar refractivity (Wildman–Crippen MR) is 83.7 cm³/mol. The first kappa shape index (κ1) is 16.9. The van der Waals surface area contributed by atoms with Gasteiger partial charge in [-0.15, -0.1) is 0 Å². The number of hydrogen-bond acceptors (Lipinski definition) is 3. The molecular weight excluding hydrogens is 326 g/mol. The summed E-state index contributed by atoms with van der Waals surface area (Å²) in [5.74, 6) is -1.46. The molecule has 23 heavy (non-hydrogen) atoms. The van der Waals surface area contributed by atoms with Gasteiger partial charge in [-0.1, -0.05) is 11.6 Å². The standard InChI is InChI=1S/C16H13ClF2N2O2/c1-10(14-7-4-12(18)8-15(14)19)20-21-16(22)9-23-13-5-2-11(17)3-6-13/h2-8H,9H2,1H3,(H,21,22)/b20-10+. The van der Waals surface area contributed by atoms with Gasteiger partial charge in [-0.2, -0.15) is 5.10 Å². The van der Waals surface area contributed by atoms with E-state index in [0.717, 1.165) is 12.1 Å². The third kappa shape index (κ3) is 5.03. The van der Waals surface area contributed by atoms with Crippen LogP contribution in [-0.4, -0.2) is 18.2 Å². The minimum atomic E-state index is -0.752. The quantitative estimate of drug-likeness (QED) is 0.669. The molecule has 0 saturated carbocycles. The second-order valence-corrected chi connectivity index (χ2v) is 5.04. The molecule has 0 unspecified atom stereocenters. The number of hydrazone groups is 1. The number of hydrogen-bond donors (Lipinski definition) is 1. The Morgan fingerprint density at radius 1 is 1.22 bits per heavy atom. The lowest BCUT2D eigenvalue weighted by molar-refractivity contribution is -0.123. The van der Waals surface area contributed by atoms with Crippen molar-refractivity contribution in [3.8, 4) is 5.75 Å². The lowest BCUT2D eigenvalue weighted by atomic mass is 10.1. The van der Waals surface area contributed by atoms with E-state index in [-0.39, 0.29) is 17.9 Å². The Labute approximate surface area is 136 Å². The third-order valence-electron chi connectivity index (χ3n) is 2.85. The highest BCUT2D eigenvalue weighted by Gasteiger charge is 2.08. The highest BCUT2D eigenvalue weighted by Crippen LogP contribution is 2.15. The number of ether oxygens (including phenoxy) is 1. The Morgan fingerprint density at radius 2 is 1.91 bits per heavy atom. The van der Waals surface area contributed by atoms with E-state index in [9.17, 15) is 13.6 Å². The van der Waals surface area contributed by atoms with Crippen molar-refractivity contribution in [3.05, 3.63) is 64.7 Å².